The van der Waals surface area contributed by atoms with Crippen LogP contribution in [0.25, 0.3) is 0 Å². The summed E-state index contributed by atoms with van der Waals surface area (Å²) in [7, 11) is 0. The summed E-state index contributed by atoms with van der Waals surface area (Å²) in [5.74, 6) is 0.108. The van der Waals surface area contributed by atoms with Crippen LogP contribution in [-0.2, 0) is 4.79 Å². The largest absolute Gasteiger partial charge is 0.342 e. The second kappa shape index (κ2) is 7.12. The molecule has 0 bridgehead atoms. The molecule has 0 radical (unpaired) electrons. The molecule has 2 aromatic rings. The lowest BCUT2D eigenvalue weighted by molar-refractivity contribution is -0.130. The fourth-order valence-electron chi connectivity index (χ4n) is 2.51. The summed E-state index contributed by atoms with van der Waals surface area (Å²) in [6, 6.07) is 10.3. The highest BCUT2D eigenvalue weighted by Crippen LogP contribution is 2.41. The molecule has 1 aromatic heterocycles. The third-order valence-electron chi connectivity index (χ3n) is 3.98. The molecular weight excluding hydrogens is 310 g/mol. The van der Waals surface area contributed by atoms with Crippen molar-refractivity contribution in [2.45, 2.75) is 43.1 Å². The first-order chi connectivity index (χ1) is 11.2. The summed E-state index contributed by atoms with van der Waals surface area (Å²) >= 11 is 1.45. The zero-order valence-electron chi connectivity index (χ0n) is 13.4. The quantitative estimate of drug-likeness (QED) is 0.730. The lowest BCUT2D eigenvalue weighted by Crippen LogP contribution is -2.34. The molecule has 1 aromatic carbocycles. The molecule has 1 unspecified atom stereocenters. The van der Waals surface area contributed by atoms with Crippen LogP contribution in [0.15, 0.2) is 35.5 Å². The second-order valence-electron chi connectivity index (χ2n) is 5.56. The van der Waals surface area contributed by atoms with Gasteiger partial charge < -0.3 is 4.90 Å². The van der Waals surface area contributed by atoms with Crippen LogP contribution >= 0.6 is 11.8 Å². The van der Waals surface area contributed by atoms with Crippen molar-refractivity contribution in [3.63, 3.8) is 0 Å². The van der Waals surface area contributed by atoms with E-state index in [4.69, 9.17) is 0 Å². The fraction of sp³-hybridized carbons (Fsp3) is 0.500. The average molecular weight is 331 g/mol. The zero-order chi connectivity index (χ0) is 16.2. The minimum atomic E-state index is -0.320. The normalized spacial score (nSPS) is 15.4. The van der Waals surface area contributed by atoms with Crippen molar-refractivity contribution in [3.05, 3.63) is 35.9 Å². The van der Waals surface area contributed by atoms with Crippen molar-refractivity contribution in [3.8, 4) is 0 Å². The number of aromatic nitrogens is 4. The number of carbonyl (C=O) groups is 1. The van der Waals surface area contributed by atoms with E-state index in [9.17, 15) is 4.79 Å². The molecule has 3 rings (SSSR count). The summed E-state index contributed by atoms with van der Waals surface area (Å²) in [5, 5.41) is 12.4. The number of tetrazole rings is 1. The summed E-state index contributed by atoms with van der Waals surface area (Å²) in [6.45, 7) is 5.41. The van der Waals surface area contributed by atoms with Gasteiger partial charge in [-0.15, -0.1) is 5.10 Å². The van der Waals surface area contributed by atoms with E-state index in [-0.39, 0.29) is 11.2 Å². The summed E-state index contributed by atoms with van der Waals surface area (Å²) < 4.78 is 1.86. The van der Waals surface area contributed by atoms with Gasteiger partial charge in [0, 0.05) is 13.1 Å². The Balaban J connectivity index is 1.88. The number of hydrogen-bond donors (Lipinski definition) is 0. The molecule has 0 N–H and O–H groups in total. The maximum Gasteiger partial charge on any atom is 0.240 e. The van der Waals surface area contributed by atoms with Gasteiger partial charge in [-0.2, -0.15) is 0 Å². The van der Waals surface area contributed by atoms with E-state index in [2.05, 4.69) is 15.5 Å². The Kier molecular flexibility index (Phi) is 4.95. The van der Waals surface area contributed by atoms with Crippen LogP contribution in [-0.4, -0.2) is 44.1 Å². The first-order valence-corrected chi connectivity index (χ1v) is 8.90. The SMILES string of the molecule is CCN(CC)C(=O)C(Sc1nnnn1C1CC1)c1ccccc1. The lowest BCUT2D eigenvalue weighted by atomic mass is 10.1. The Labute approximate surface area is 140 Å². The molecule has 1 heterocycles. The van der Waals surface area contributed by atoms with Crippen molar-refractivity contribution in [1.29, 1.82) is 0 Å². The second-order valence-corrected chi connectivity index (χ2v) is 6.63. The molecule has 1 aliphatic carbocycles. The maximum absolute atomic E-state index is 13.0. The molecule has 1 aliphatic rings. The summed E-state index contributed by atoms with van der Waals surface area (Å²) in [5.41, 5.74) is 0.986. The van der Waals surface area contributed by atoms with Gasteiger partial charge in [0.15, 0.2) is 0 Å². The molecule has 0 spiro atoms. The fourth-order valence-corrected chi connectivity index (χ4v) is 3.64. The monoisotopic (exact) mass is 331 g/mol. The van der Waals surface area contributed by atoms with Crippen LogP contribution < -0.4 is 0 Å². The molecule has 6 nitrogen and oxygen atoms in total. The highest BCUT2D eigenvalue weighted by Gasteiger charge is 2.32. The van der Waals surface area contributed by atoms with Crippen molar-refractivity contribution < 1.29 is 4.79 Å². The average Bonchev–Trinajstić information content (AvgIpc) is 3.33. The van der Waals surface area contributed by atoms with Crippen LogP contribution in [0.1, 0.15) is 43.5 Å². The van der Waals surface area contributed by atoms with Crippen molar-refractivity contribution >= 4 is 17.7 Å². The molecule has 0 saturated heterocycles. The van der Waals surface area contributed by atoms with Crippen LogP contribution in [0.3, 0.4) is 0 Å². The Bertz CT molecular complexity index is 652. The van der Waals surface area contributed by atoms with E-state index in [0.29, 0.717) is 19.1 Å². The standard InChI is InChI=1S/C16H21N5OS/c1-3-20(4-2)15(22)14(12-8-6-5-7-9-12)23-16-17-18-19-21(16)13-10-11-13/h5-9,13-14H,3-4,10-11H2,1-2H3. The molecule has 1 atom stereocenters. The third kappa shape index (κ3) is 3.55. The van der Waals surface area contributed by atoms with Gasteiger partial charge in [0.05, 0.1) is 6.04 Å². The van der Waals surface area contributed by atoms with Crippen LogP contribution in [0, 0.1) is 0 Å². The van der Waals surface area contributed by atoms with Crippen molar-refractivity contribution in [2.24, 2.45) is 0 Å². The van der Waals surface area contributed by atoms with Crippen molar-refractivity contribution in [2.75, 3.05) is 13.1 Å². The van der Waals surface area contributed by atoms with Gasteiger partial charge in [0.25, 0.3) is 0 Å². The molecule has 1 saturated carbocycles. The Morgan fingerprint density at radius 3 is 2.61 bits per heavy atom. The van der Waals surface area contributed by atoms with Gasteiger partial charge in [-0.25, -0.2) is 4.68 Å². The number of amides is 1. The Hall–Kier alpha value is -1.89. The summed E-state index contributed by atoms with van der Waals surface area (Å²) in [4.78, 5) is 14.8. The van der Waals surface area contributed by atoms with Crippen LogP contribution in [0.2, 0.25) is 0 Å². The molecule has 122 valence electrons. The molecule has 23 heavy (non-hydrogen) atoms. The first kappa shape index (κ1) is 16.0. The van der Waals surface area contributed by atoms with Crippen LogP contribution in [0.5, 0.6) is 0 Å². The Morgan fingerprint density at radius 1 is 1.30 bits per heavy atom. The molecular formula is C16H21N5OS. The number of benzene rings is 1. The predicted molar refractivity (Wildman–Crippen MR) is 89.1 cm³/mol. The maximum atomic E-state index is 13.0. The van der Waals surface area contributed by atoms with Gasteiger partial charge >= 0.3 is 0 Å². The third-order valence-corrected chi connectivity index (χ3v) is 5.17. The highest BCUT2D eigenvalue weighted by molar-refractivity contribution is 8.00. The van der Waals surface area contributed by atoms with Gasteiger partial charge in [-0.3, -0.25) is 4.79 Å². The van der Waals surface area contributed by atoms with Crippen molar-refractivity contribution in [1.82, 2.24) is 25.1 Å². The van der Waals surface area contributed by atoms with Gasteiger partial charge in [-0.05, 0) is 42.7 Å². The predicted octanol–water partition coefficient (Wildman–Crippen LogP) is 2.71. The molecule has 0 aliphatic heterocycles. The number of hydrogen-bond acceptors (Lipinski definition) is 5. The Morgan fingerprint density at radius 2 is 2.00 bits per heavy atom. The number of thioether (sulfide) groups is 1. The van der Waals surface area contributed by atoms with E-state index < -0.39 is 0 Å². The van der Waals surface area contributed by atoms with E-state index in [1.165, 1.54) is 11.8 Å². The minimum absolute atomic E-state index is 0.108. The number of rotatable bonds is 7. The number of carbonyl (C=O) groups excluding carboxylic acids is 1. The molecule has 1 amide bonds. The number of likely N-dealkylation sites (N-methyl/N-ethyl adjacent to an activating group) is 1. The number of nitrogens with zero attached hydrogens (tertiary/aromatic N) is 5. The van der Waals surface area contributed by atoms with E-state index >= 15 is 0 Å². The lowest BCUT2D eigenvalue weighted by Gasteiger charge is -2.24. The first-order valence-electron chi connectivity index (χ1n) is 8.02. The molecule has 7 heteroatoms. The van der Waals surface area contributed by atoms with Gasteiger partial charge in [-0.1, -0.05) is 42.1 Å². The zero-order valence-corrected chi connectivity index (χ0v) is 14.2. The topological polar surface area (TPSA) is 63.9 Å². The van der Waals surface area contributed by atoms with E-state index in [1.807, 2.05) is 53.8 Å². The van der Waals surface area contributed by atoms with Gasteiger partial charge in [0.1, 0.15) is 5.25 Å². The smallest absolute Gasteiger partial charge is 0.240 e. The molecule has 1 fully saturated rings. The van der Waals surface area contributed by atoms with E-state index in [0.717, 1.165) is 23.6 Å². The minimum Gasteiger partial charge on any atom is -0.342 e. The highest BCUT2D eigenvalue weighted by atomic mass is 32.2. The van der Waals surface area contributed by atoms with E-state index in [1.54, 1.807) is 0 Å². The van der Waals surface area contributed by atoms with Gasteiger partial charge in [0.2, 0.25) is 11.1 Å². The van der Waals surface area contributed by atoms with Crippen LogP contribution in [0.4, 0.5) is 0 Å². The summed E-state index contributed by atoms with van der Waals surface area (Å²) in [6.07, 6.45) is 2.22.